The van der Waals surface area contributed by atoms with Crippen LogP contribution in [0.5, 0.6) is 5.75 Å². The molecule has 23 heavy (non-hydrogen) atoms. The first-order chi connectivity index (χ1) is 11.1. The van der Waals surface area contributed by atoms with Crippen molar-refractivity contribution in [1.29, 1.82) is 0 Å². The average Bonchev–Trinajstić information content (AvgIpc) is 3.17. The number of aryl methyl sites for hydroxylation is 1. The van der Waals surface area contributed by atoms with Gasteiger partial charge in [-0.2, -0.15) is 5.10 Å². The third-order valence-electron chi connectivity index (χ3n) is 3.64. The number of rotatable bonds is 5. The molecule has 1 aromatic carbocycles. The number of H-pyrrole nitrogens is 2. The van der Waals surface area contributed by atoms with E-state index in [4.69, 9.17) is 4.74 Å². The number of hydrogen-bond donors (Lipinski definition) is 3. The molecule has 2 heterocycles. The van der Waals surface area contributed by atoms with Crippen molar-refractivity contribution in [1.82, 2.24) is 25.5 Å². The quantitative estimate of drug-likeness (QED) is 0.674. The molecule has 7 nitrogen and oxygen atoms in total. The zero-order chi connectivity index (χ0) is 16.4. The predicted molar refractivity (Wildman–Crippen MR) is 87.6 cm³/mol. The SMILES string of the molecule is CCCNC(=O)c1c[nH]nc1-c1nc2cc(OC)c(C)cc2[nH]1. The van der Waals surface area contributed by atoms with Crippen molar-refractivity contribution in [2.75, 3.05) is 13.7 Å². The van der Waals surface area contributed by atoms with E-state index in [1.54, 1.807) is 13.3 Å². The number of aromatic amines is 2. The van der Waals surface area contributed by atoms with Crippen LogP contribution in [0.3, 0.4) is 0 Å². The van der Waals surface area contributed by atoms with Crippen LogP contribution in [0.1, 0.15) is 29.3 Å². The van der Waals surface area contributed by atoms with Crippen molar-refractivity contribution in [2.24, 2.45) is 0 Å². The van der Waals surface area contributed by atoms with E-state index in [9.17, 15) is 4.79 Å². The topological polar surface area (TPSA) is 95.7 Å². The zero-order valence-electron chi connectivity index (χ0n) is 13.4. The van der Waals surface area contributed by atoms with E-state index >= 15 is 0 Å². The van der Waals surface area contributed by atoms with Gasteiger partial charge < -0.3 is 15.0 Å². The summed E-state index contributed by atoms with van der Waals surface area (Å²) in [5.41, 5.74) is 3.64. The molecular weight excluding hydrogens is 294 g/mol. The molecule has 0 unspecified atom stereocenters. The van der Waals surface area contributed by atoms with Crippen molar-refractivity contribution in [2.45, 2.75) is 20.3 Å². The van der Waals surface area contributed by atoms with Crippen LogP contribution in [0.4, 0.5) is 0 Å². The van der Waals surface area contributed by atoms with Crippen LogP contribution in [-0.2, 0) is 0 Å². The Morgan fingerprint density at radius 2 is 2.22 bits per heavy atom. The van der Waals surface area contributed by atoms with Gasteiger partial charge in [-0.1, -0.05) is 6.92 Å². The second-order valence-corrected chi connectivity index (χ2v) is 5.33. The molecule has 0 saturated heterocycles. The first kappa shape index (κ1) is 15.1. The van der Waals surface area contributed by atoms with Gasteiger partial charge in [-0.15, -0.1) is 0 Å². The lowest BCUT2D eigenvalue weighted by atomic mass is 10.2. The van der Waals surface area contributed by atoms with Crippen LogP contribution < -0.4 is 10.1 Å². The summed E-state index contributed by atoms with van der Waals surface area (Å²) in [6.07, 6.45) is 2.46. The average molecular weight is 313 g/mol. The molecule has 120 valence electrons. The molecule has 7 heteroatoms. The van der Waals surface area contributed by atoms with Gasteiger partial charge in [-0.05, 0) is 25.0 Å². The molecule has 2 aromatic heterocycles. The number of benzene rings is 1. The van der Waals surface area contributed by atoms with Gasteiger partial charge in [0.2, 0.25) is 0 Å². The molecule has 0 fully saturated rings. The van der Waals surface area contributed by atoms with Crippen LogP contribution in [0.15, 0.2) is 18.3 Å². The van der Waals surface area contributed by atoms with Crippen molar-refractivity contribution >= 4 is 16.9 Å². The molecule has 1 amide bonds. The number of nitrogens with zero attached hydrogens (tertiary/aromatic N) is 2. The molecule has 0 bridgehead atoms. The third-order valence-corrected chi connectivity index (χ3v) is 3.64. The van der Waals surface area contributed by atoms with Gasteiger partial charge in [0.25, 0.3) is 5.91 Å². The molecule has 0 atom stereocenters. The van der Waals surface area contributed by atoms with Crippen LogP contribution in [0, 0.1) is 6.92 Å². The minimum atomic E-state index is -0.162. The molecule has 0 spiro atoms. The highest BCUT2D eigenvalue weighted by Gasteiger charge is 2.18. The highest BCUT2D eigenvalue weighted by Crippen LogP contribution is 2.27. The number of aromatic nitrogens is 4. The van der Waals surface area contributed by atoms with Crippen LogP contribution in [0.2, 0.25) is 0 Å². The molecule has 0 aliphatic carbocycles. The molecule has 0 aliphatic heterocycles. The van der Waals surface area contributed by atoms with Crippen molar-refractivity contribution in [3.63, 3.8) is 0 Å². The number of methoxy groups -OCH3 is 1. The number of carbonyl (C=O) groups is 1. The Kier molecular flexibility index (Phi) is 4.01. The Balaban J connectivity index is 2.01. The van der Waals surface area contributed by atoms with Gasteiger partial charge in [0.05, 0.1) is 23.7 Å². The Morgan fingerprint density at radius 3 is 2.96 bits per heavy atom. The van der Waals surface area contributed by atoms with Crippen LogP contribution in [0.25, 0.3) is 22.6 Å². The second kappa shape index (κ2) is 6.12. The summed E-state index contributed by atoms with van der Waals surface area (Å²) >= 11 is 0. The van der Waals surface area contributed by atoms with Gasteiger partial charge in [0, 0.05) is 18.8 Å². The van der Waals surface area contributed by atoms with Crippen LogP contribution in [-0.4, -0.2) is 39.7 Å². The van der Waals surface area contributed by atoms with Crippen molar-refractivity contribution in [3.05, 3.63) is 29.5 Å². The van der Waals surface area contributed by atoms with Crippen molar-refractivity contribution in [3.8, 4) is 17.3 Å². The maximum atomic E-state index is 12.2. The summed E-state index contributed by atoms with van der Waals surface area (Å²) in [5, 5.41) is 9.75. The largest absolute Gasteiger partial charge is 0.496 e. The third kappa shape index (κ3) is 2.77. The maximum Gasteiger partial charge on any atom is 0.255 e. The van der Waals surface area contributed by atoms with E-state index in [1.807, 2.05) is 26.0 Å². The first-order valence-corrected chi connectivity index (χ1v) is 7.50. The molecule has 3 rings (SSSR count). The summed E-state index contributed by atoms with van der Waals surface area (Å²) in [7, 11) is 1.63. The number of ether oxygens (including phenoxy) is 1. The van der Waals surface area contributed by atoms with Gasteiger partial charge in [-0.25, -0.2) is 4.98 Å². The first-order valence-electron chi connectivity index (χ1n) is 7.50. The number of fused-ring (bicyclic) bond motifs is 1. The number of nitrogens with one attached hydrogen (secondary N) is 3. The predicted octanol–water partition coefficient (Wildman–Crippen LogP) is 2.41. The highest BCUT2D eigenvalue weighted by atomic mass is 16.5. The minimum absolute atomic E-state index is 0.162. The van der Waals surface area contributed by atoms with Gasteiger partial charge in [0.15, 0.2) is 5.82 Å². The fraction of sp³-hybridized carbons (Fsp3) is 0.312. The van der Waals surface area contributed by atoms with E-state index in [0.29, 0.717) is 23.6 Å². The molecular formula is C16H19N5O2. The lowest BCUT2D eigenvalue weighted by Crippen LogP contribution is -2.24. The molecule has 0 saturated carbocycles. The summed E-state index contributed by atoms with van der Waals surface area (Å²) in [6, 6.07) is 3.84. The highest BCUT2D eigenvalue weighted by molar-refractivity contribution is 5.99. The molecule has 0 radical (unpaired) electrons. The standard InChI is InChI=1S/C16H19N5O2/c1-4-5-17-16(22)10-8-18-21-14(10)15-19-11-6-9(2)13(23-3)7-12(11)20-15/h6-8H,4-5H2,1-3H3,(H,17,22)(H,18,21)(H,19,20). The molecule has 3 N–H and O–H groups in total. The minimum Gasteiger partial charge on any atom is -0.496 e. The van der Waals surface area contributed by atoms with Gasteiger partial charge in [0.1, 0.15) is 11.4 Å². The number of carbonyl (C=O) groups excluding carboxylic acids is 1. The van der Waals surface area contributed by atoms with E-state index in [-0.39, 0.29) is 5.91 Å². The fourth-order valence-corrected chi connectivity index (χ4v) is 2.46. The summed E-state index contributed by atoms with van der Waals surface area (Å²) in [5.74, 6) is 1.17. The van der Waals surface area contributed by atoms with E-state index < -0.39 is 0 Å². The molecule has 0 aliphatic rings. The van der Waals surface area contributed by atoms with E-state index in [2.05, 4.69) is 25.5 Å². The number of imidazole rings is 1. The molecule has 3 aromatic rings. The maximum absolute atomic E-state index is 12.2. The Morgan fingerprint density at radius 1 is 1.39 bits per heavy atom. The Hall–Kier alpha value is -2.83. The lowest BCUT2D eigenvalue weighted by molar-refractivity contribution is 0.0954. The summed E-state index contributed by atoms with van der Waals surface area (Å²) in [6.45, 7) is 4.60. The normalized spacial score (nSPS) is 10.9. The summed E-state index contributed by atoms with van der Waals surface area (Å²) < 4.78 is 5.32. The van der Waals surface area contributed by atoms with Crippen molar-refractivity contribution < 1.29 is 9.53 Å². The van der Waals surface area contributed by atoms with E-state index in [1.165, 1.54) is 0 Å². The van der Waals surface area contributed by atoms with E-state index in [0.717, 1.165) is 28.8 Å². The fourth-order valence-electron chi connectivity index (χ4n) is 2.46. The van der Waals surface area contributed by atoms with Gasteiger partial charge >= 0.3 is 0 Å². The Bertz CT molecular complexity index is 849. The Labute approximate surface area is 133 Å². The van der Waals surface area contributed by atoms with Crippen LogP contribution >= 0.6 is 0 Å². The number of amides is 1. The zero-order valence-corrected chi connectivity index (χ0v) is 13.4. The lowest BCUT2D eigenvalue weighted by Gasteiger charge is -2.02. The second-order valence-electron chi connectivity index (χ2n) is 5.33. The number of hydrogen-bond acceptors (Lipinski definition) is 4. The summed E-state index contributed by atoms with van der Waals surface area (Å²) in [4.78, 5) is 19.9. The van der Waals surface area contributed by atoms with Gasteiger partial charge in [-0.3, -0.25) is 9.89 Å². The monoisotopic (exact) mass is 313 g/mol. The smallest absolute Gasteiger partial charge is 0.255 e.